The molecule has 4 rings (SSSR count). The molecule has 0 atom stereocenters. The monoisotopic (exact) mass is 456 g/mol. The van der Waals surface area contributed by atoms with Crippen LogP contribution in [-0.4, -0.2) is 6.61 Å². The van der Waals surface area contributed by atoms with Gasteiger partial charge in [0.15, 0.2) is 0 Å². The molecule has 4 aromatic rings. The summed E-state index contributed by atoms with van der Waals surface area (Å²) in [6.07, 6.45) is -3.62. The first-order valence-electron chi connectivity index (χ1n) is 10.6. The summed E-state index contributed by atoms with van der Waals surface area (Å²) >= 11 is 0. The van der Waals surface area contributed by atoms with Gasteiger partial charge in [-0.15, -0.1) is 0 Å². The summed E-state index contributed by atoms with van der Waals surface area (Å²) < 4.78 is 73.1. The van der Waals surface area contributed by atoms with E-state index in [9.17, 15) is 17.6 Å². The van der Waals surface area contributed by atoms with Crippen LogP contribution < -0.4 is 4.74 Å². The van der Waals surface area contributed by atoms with E-state index in [-0.39, 0.29) is 5.82 Å². The van der Waals surface area contributed by atoms with Gasteiger partial charge in [-0.3, -0.25) is 0 Å². The van der Waals surface area contributed by atoms with Crippen LogP contribution >= 0.6 is 0 Å². The fourth-order valence-electron chi connectivity index (χ4n) is 3.82. The van der Waals surface area contributed by atoms with Crippen molar-refractivity contribution in [1.29, 1.82) is 0 Å². The minimum atomic E-state index is -4.38. The first kappa shape index (κ1) is 22.8. The Bertz CT molecular complexity index is 1280. The lowest BCUT2D eigenvalue weighted by atomic mass is 9.97. The number of hydrogen-bond acceptors (Lipinski definition) is 1. The second-order valence-electron chi connectivity index (χ2n) is 7.74. The highest BCUT2D eigenvalue weighted by Crippen LogP contribution is 2.32. The van der Waals surface area contributed by atoms with Crippen molar-refractivity contribution in [3.8, 4) is 16.9 Å². The SMILES string of the molecule is CCOc1ccc(-c2ccc3c(F)c(CCc4ccc(C(F)(F)F)cc4)ccc3c2)c(F)c1. The fraction of sp³-hybridized carbons (Fsp3) is 0.185. The van der Waals surface area contributed by atoms with Crippen LogP contribution in [-0.2, 0) is 19.0 Å². The van der Waals surface area contributed by atoms with Crippen LogP contribution in [0.15, 0.2) is 72.8 Å². The summed E-state index contributed by atoms with van der Waals surface area (Å²) in [4.78, 5) is 0. The summed E-state index contributed by atoms with van der Waals surface area (Å²) in [7, 11) is 0. The van der Waals surface area contributed by atoms with Crippen LogP contribution in [0.5, 0.6) is 5.75 Å². The maximum Gasteiger partial charge on any atom is 0.416 e. The molecule has 6 heteroatoms. The first-order valence-corrected chi connectivity index (χ1v) is 10.6. The van der Waals surface area contributed by atoms with Gasteiger partial charge in [0.25, 0.3) is 0 Å². The smallest absolute Gasteiger partial charge is 0.416 e. The number of aryl methyl sites for hydroxylation is 2. The zero-order valence-corrected chi connectivity index (χ0v) is 17.8. The predicted molar refractivity (Wildman–Crippen MR) is 119 cm³/mol. The molecule has 0 amide bonds. The van der Waals surface area contributed by atoms with Crippen LogP contribution in [0.3, 0.4) is 0 Å². The zero-order valence-electron chi connectivity index (χ0n) is 17.8. The third-order valence-electron chi connectivity index (χ3n) is 5.56. The first-order chi connectivity index (χ1) is 15.8. The number of hydrogen-bond donors (Lipinski definition) is 0. The highest BCUT2D eigenvalue weighted by molar-refractivity contribution is 5.88. The van der Waals surface area contributed by atoms with Gasteiger partial charge in [0.1, 0.15) is 17.4 Å². The van der Waals surface area contributed by atoms with Crippen molar-refractivity contribution in [3.63, 3.8) is 0 Å². The number of rotatable bonds is 6. The Hall–Kier alpha value is -3.41. The minimum Gasteiger partial charge on any atom is -0.494 e. The van der Waals surface area contributed by atoms with Gasteiger partial charge in [-0.05, 0) is 72.2 Å². The Labute approximate surface area is 188 Å². The van der Waals surface area contributed by atoms with E-state index >= 15 is 4.39 Å². The minimum absolute atomic E-state index is 0.350. The summed E-state index contributed by atoms with van der Waals surface area (Å²) in [6.45, 7) is 2.26. The highest BCUT2D eigenvalue weighted by Gasteiger charge is 2.29. The summed E-state index contributed by atoms with van der Waals surface area (Å²) in [5.41, 5.74) is 1.49. The van der Waals surface area contributed by atoms with Crippen LogP contribution in [0.4, 0.5) is 22.0 Å². The van der Waals surface area contributed by atoms with E-state index in [2.05, 4.69) is 0 Å². The lowest BCUT2D eigenvalue weighted by molar-refractivity contribution is -0.137. The molecule has 33 heavy (non-hydrogen) atoms. The van der Waals surface area contributed by atoms with Crippen molar-refractivity contribution in [2.75, 3.05) is 6.61 Å². The molecule has 0 N–H and O–H groups in total. The van der Waals surface area contributed by atoms with Gasteiger partial charge in [0.2, 0.25) is 0 Å². The van der Waals surface area contributed by atoms with E-state index in [1.54, 1.807) is 42.5 Å². The van der Waals surface area contributed by atoms with Crippen molar-refractivity contribution in [2.24, 2.45) is 0 Å². The average molecular weight is 456 g/mol. The Morgan fingerprint density at radius 2 is 1.55 bits per heavy atom. The van der Waals surface area contributed by atoms with Crippen molar-refractivity contribution in [1.82, 2.24) is 0 Å². The quantitative estimate of drug-likeness (QED) is 0.267. The third kappa shape index (κ3) is 5.00. The van der Waals surface area contributed by atoms with E-state index in [1.165, 1.54) is 18.2 Å². The van der Waals surface area contributed by atoms with Gasteiger partial charge >= 0.3 is 6.18 Å². The Balaban J connectivity index is 1.55. The Kier molecular flexibility index (Phi) is 6.36. The van der Waals surface area contributed by atoms with E-state index in [4.69, 9.17) is 4.74 Å². The van der Waals surface area contributed by atoms with Gasteiger partial charge < -0.3 is 4.74 Å². The Morgan fingerprint density at radius 3 is 2.21 bits per heavy atom. The van der Waals surface area contributed by atoms with Gasteiger partial charge in [-0.1, -0.05) is 36.4 Å². The molecule has 0 spiro atoms. The second kappa shape index (κ2) is 9.22. The van der Waals surface area contributed by atoms with E-state index in [0.29, 0.717) is 58.2 Å². The molecule has 0 aliphatic rings. The average Bonchev–Trinajstić information content (AvgIpc) is 2.78. The standard InChI is InChI=1S/C27H21F5O/c1-2-33-22-12-14-23(25(28)16-22)19-9-13-24-20(15-19)8-7-18(26(24)29)6-3-17-4-10-21(11-5-17)27(30,31)32/h4-5,7-16H,2-3,6H2,1H3. The molecule has 0 aliphatic heterocycles. The molecule has 0 saturated heterocycles. The lowest BCUT2D eigenvalue weighted by Crippen LogP contribution is -2.04. The molecule has 1 nitrogen and oxygen atoms in total. The fourth-order valence-corrected chi connectivity index (χ4v) is 3.82. The van der Waals surface area contributed by atoms with Crippen LogP contribution in [0, 0.1) is 11.6 Å². The van der Waals surface area contributed by atoms with Crippen LogP contribution in [0.2, 0.25) is 0 Å². The lowest BCUT2D eigenvalue weighted by Gasteiger charge is -2.11. The van der Waals surface area contributed by atoms with Gasteiger partial charge in [-0.25, -0.2) is 8.78 Å². The maximum atomic E-state index is 15.1. The van der Waals surface area contributed by atoms with Crippen molar-refractivity contribution in [3.05, 3.63) is 101 Å². The number of halogens is 5. The van der Waals surface area contributed by atoms with E-state index in [0.717, 1.165) is 12.1 Å². The molecule has 0 radical (unpaired) electrons. The topological polar surface area (TPSA) is 9.23 Å². The van der Waals surface area contributed by atoms with Crippen LogP contribution in [0.25, 0.3) is 21.9 Å². The Morgan fingerprint density at radius 1 is 0.788 bits per heavy atom. The van der Waals surface area contributed by atoms with Crippen LogP contribution in [0.1, 0.15) is 23.6 Å². The number of alkyl halides is 3. The summed E-state index contributed by atoms with van der Waals surface area (Å²) in [5, 5.41) is 1.05. The molecule has 4 aromatic carbocycles. The van der Waals surface area contributed by atoms with E-state index in [1.807, 2.05) is 6.92 Å². The summed E-state index contributed by atoms with van der Waals surface area (Å²) in [6, 6.07) is 18.0. The predicted octanol–water partition coefficient (Wildman–Crippen LogP) is 7.99. The van der Waals surface area contributed by atoms with Gasteiger partial charge in [0, 0.05) is 17.0 Å². The molecular formula is C27H21F5O. The molecule has 0 aliphatic carbocycles. The summed E-state index contributed by atoms with van der Waals surface area (Å²) in [5.74, 6) is -0.352. The van der Waals surface area contributed by atoms with Crippen molar-refractivity contribution < 1.29 is 26.7 Å². The molecule has 0 unspecified atom stereocenters. The number of benzene rings is 4. The van der Waals surface area contributed by atoms with Crippen molar-refractivity contribution in [2.45, 2.75) is 25.9 Å². The third-order valence-corrected chi connectivity index (χ3v) is 5.56. The zero-order chi connectivity index (χ0) is 23.6. The molecule has 0 heterocycles. The number of fused-ring (bicyclic) bond motifs is 1. The van der Waals surface area contributed by atoms with E-state index < -0.39 is 17.6 Å². The highest BCUT2D eigenvalue weighted by atomic mass is 19.4. The molecule has 0 bridgehead atoms. The number of ether oxygens (including phenoxy) is 1. The largest absolute Gasteiger partial charge is 0.494 e. The molecule has 0 saturated carbocycles. The van der Waals surface area contributed by atoms with Gasteiger partial charge in [0.05, 0.1) is 12.2 Å². The van der Waals surface area contributed by atoms with Gasteiger partial charge in [-0.2, -0.15) is 13.2 Å². The molecular weight excluding hydrogens is 435 g/mol. The van der Waals surface area contributed by atoms with Crippen molar-refractivity contribution >= 4 is 10.8 Å². The normalized spacial score (nSPS) is 11.7. The molecule has 0 aromatic heterocycles. The molecule has 170 valence electrons. The second-order valence-corrected chi connectivity index (χ2v) is 7.74. The maximum absolute atomic E-state index is 15.1. The molecule has 0 fully saturated rings.